The summed E-state index contributed by atoms with van der Waals surface area (Å²) in [5.41, 5.74) is 1.08. The van der Waals surface area contributed by atoms with Crippen LogP contribution in [0.5, 0.6) is 0 Å². The van der Waals surface area contributed by atoms with Gasteiger partial charge < -0.3 is 9.80 Å². The second-order valence-corrected chi connectivity index (χ2v) is 4.91. The van der Waals surface area contributed by atoms with Gasteiger partial charge in [-0.05, 0) is 45.1 Å². The molecule has 0 bridgehead atoms. The van der Waals surface area contributed by atoms with Crippen LogP contribution < -0.4 is 4.90 Å². The minimum Gasteiger partial charge on any atom is -0.345 e. The second-order valence-electron chi connectivity index (χ2n) is 4.91. The van der Waals surface area contributed by atoms with Gasteiger partial charge in [-0.15, -0.1) is 5.10 Å². The summed E-state index contributed by atoms with van der Waals surface area (Å²) >= 11 is 0. The van der Waals surface area contributed by atoms with Gasteiger partial charge in [-0.1, -0.05) is 0 Å². The maximum absolute atomic E-state index is 8.64. The Hall–Kier alpha value is -1.67. The molecule has 2 rings (SSSR count). The molecule has 0 radical (unpaired) electrons. The highest BCUT2D eigenvalue weighted by molar-refractivity contribution is 5.37. The summed E-state index contributed by atoms with van der Waals surface area (Å²) in [7, 11) is 4.00. The predicted molar refractivity (Wildman–Crippen MR) is 70.4 cm³/mol. The van der Waals surface area contributed by atoms with Crippen LogP contribution >= 0.6 is 0 Å². The van der Waals surface area contributed by atoms with Crippen LogP contribution in [0.2, 0.25) is 0 Å². The van der Waals surface area contributed by atoms with Gasteiger partial charge in [0.25, 0.3) is 0 Å². The van der Waals surface area contributed by atoms with Crippen molar-refractivity contribution in [1.82, 2.24) is 15.1 Å². The first-order valence-electron chi connectivity index (χ1n) is 6.31. The largest absolute Gasteiger partial charge is 0.345 e. The van der Waals surface area contributed by atoms with Crippen LogP contribution in [0.3, 0.4) is 0 Å². The molecule has 0 unspecified atom stereocenters. The fraction of sp³-hybridized carbons (Fsp3) is 0.615. The molecule has 0 atom stereocenters. The zero-order chi connectivity index (χ0) is 13.0. The Labute approximate surface area is 108 Å². The summed E-state index contributed by atoms with van der Waals surface area (Å²) in [5, 5.41) is 17.2. The standard InChI is InChI=1S/C13H19N5/c1-17-8-5-11(6-9-17)12-3-4-13(16-15-12)18(2)10-7-14/h3-4,11H,5-6,8-10H2,1-2H3. The molecule has 2 heterocycles. The highest BCUT2D eigenvalue weighted by Crippen LogP contribution is 2.26. The van der Waals surface area contributed by atoms with E-state index in [1.54, 1.807) is 4.90 Å². The SMILES string of the molecule is CN1CCC(c2ccc(N(C)CC#N)nn2)CC1. The van der Waals surface area contributed by atoms with Gasteiger partial charge in [0.1, 0.15) is 6.54 Å². The van der Waals surface area contributed by atoms with E-state index in [1.807, 2.05) is 19.2 Å². The van der Waals surface area contributed by atoms with Gasteiger partial charge in [-0.25, -0.2) is 0 Å². The predicted octanol–water partition coefficient (Wildman–Crippen LogP) is 1.25. The molecule has 1 aliphatic heterocycles. The normalized spacial score (nSPS) is 17.4. The van der Waals surface area contributed by atoms with Crippen LogP contribution in [0, 0.1) is 11.3 Å². The topological polar surface area (TPSA) is 56.0 Å². The number of hydrogen-bond donors (Lipinski definition) is 0. The third kappa shape index (κ3) is 2.96. The molecule has 5 heteroatoms. The smallest absolute Gasteiger partial charge is 0.151 e. The highest BCUT2D eigenvalue weighted by Gasteiger charge is 2.19. The number of aromatic nitrogens is 2. The van der Waals surface area contributed by atoms with E-state index < -0.39 is 0 Å². The Balaban J connectivity index is 2.01. The van der Waals surface area contributed by atoms with E-state index in [2.05, 4.69) is 28.2 Å². The van der Waals surface area contributed by atoms with Crippen molar-refractivity contribution in [3.05, 3.63) is 17.8 Å². The maximum atomic E-state index is 8.64. The van der Waals surface area contributed by atoms with Crippen LogP contribution in [-0.2, 0) is 0 Å². The van der Waals surface area contributed by atoms with Gasteiger partial charge in [0.05, 0.1) is 11.8 Å². The van der Waals surface area contributed by atoms with Crippen LogP contribution in [-0.4, -0.2) is 48.8 Å². The average Bonchev–Trinajstić information content (AvgIpc) is 2.40. The minimum absolute atomic E-state index is 0.336. The van der Waals surface area contributed by atoms with Gasteiger partial charge in [-0.3, -0.25) is 0 Å². The summed E-state index contributed by atoms with van der Waals surface area (Å²) in [6.45, 7) is 2.59. The summed E-state index contributed by atoms with van der Waals surface area (Å²) in [4.78, 5) is 4.14. The number of nitriles is 1. The first-order valence-corrected chi connectivity index (χ1v) is 6.31. The monoisotopic (exact) mass is 245 g/mol. The summed E-state index contributed by atoms with van der Waals surface area (Å²) in [6.07, 6.45) is 2.30. The summed E-state index contributed by atoms with van der Waals surface area (Å²) in [5.74, 6) is 1.29. The van der Waals surface area contributed by atoms with Gasteiger partial charge in [0.2, 0.25) is 0 Å². The lowest BCUT2D eigenvalue weighted by Crippen LogP contribution is -2.29. The van der Waals surface area contributed by atoms with Crippen molar-refractivity contribution in [3.8, 4) is 6.07 Å². The molecule has 1 aliphatic rings. The number of rotatable bonds is 3. The van der Waals surface area contributed by atoms with E-state index >= 15 is 0 Å². The third-order valence-corrected chi connectivity index (χ3v) is 3.51. The Kier molecular flexibility index (Phi) is 4.11. The molecule has 0 amide bonds. The van der Waals surface area contributed by atoms with Crippen LogP contribution in [0.15, 0.2) is 12.1 Å². The van der Waals surface area contributed by atoms with Gasteiger partial charge >= 0.3 is 0 Å². The zero-order valence-electron chi connectivity index (χ0n) is 11.0. The van der Waals surface area contributed by atoms with Crippen molar-refractivity contribution in [2.75, 3.05) is 38.6 Å². The summed E-state index contributed by atoms with van der Waals surface area (Å²) in [6, 6.07) is 6.11. The Morgan fingerprint density at radius 2 is 2.11 bits per heavy atom. The number of anilines is 1. The molecule has 96 valence electrons. The molecule has 0 aliphatic carbocycles. The Morgan fingerprint density at radius 3 is 2.67 bits per heavy atom. The van der Waals surface area contributed by atoms with E-state index in [0.29, 0.717) is 12.5 Å². The molecule has 0 spiro atoms. The number of hydrogen-bond acceptors (Lipinski definition) is 5. The zero-order valence-corrected chi connectivity index (χ0v) is 11.0. The molecule has 0 saturated carbocycles. The lowest BCUT2D eigenvalue weighted by molar-refractivity contribution is 0.253. The maximum Gasteiger partial charge on any atom is 0.151 e. The van der Waals surface area contributed by atoms with Crippen molar-refractivity contribution in [2.45, 2.75) is 18.8 Å². The average molecular weight is 245 g/mol. The molecule has 1 aromatic rings. The molecule has 1 aromatic heterocycles. The summed E-state index contributed by atoms with van der Waals surface area (Å²) < 4.78 is 0. The molecule has 18 heavy (non-hydrogen) atoms. The lowest BCUT2D eigenvalue weighted by Gasteiger charge is -2.28. The minimum atomic E-state index is 0.336. The van der Waals surface area contributed by atoms with Crippen molar-refractivity contribution in [1.29, 1.82) is 5.26 Å². The molecular formula is C13H19N5. The fourth-order valence-corrected chi connectivity index (χ4v) is 2.25. The van der Waals surface area contributed by atoms with Crippen molar-refractivity contribution >= 4 is 5.82 Å². The third-order valence-electron chi connectivity index (χ3n) is 3.51. The fourth-order valence-electron chi connectivity index (χ4n) is 2.25. The lowest BCUT2D eigenvalue weighted by atomic mass is 9.94. The quantitative estimate of drug-likeness (QED) is 0.750. The molecule has 0 N–H and O–H groups in total. The van der Waals surface area contributed by atoms with Crippen LogP contribution in [0.25, 0.3) is 0 Å². The van der Waals surface area contributed by atoms with E-state index in [1.165, 1.54) is 0 Å². The van der Waals surface area contributed by atoms with Crippen molar-refractivity contribution in [3.63, 3.8) is 0 Å². The Morgan fingerprint density at radius 1 is 1.39 bits per heavy atom. The first-order chi connectivity index (χ1) is 8.70. The first kappa shape index (κ1) is 12.8. The van der Waals surface area contributed by atoms with Gasteiger partial charge in [0, 0.05) is 13.0 Å². The van der Waals surface area contributed by atoms with Crippen LogP contribution in [0.1, 0.15) is 24.5 Å². The van der Waals surface area contributed by atoms with Gasteiger partial charge in [-0.2, -0.15) is 10.4 Å². The Bertz CT molecular complexity index is 414. The second kappa shape index (κ2) is 5.78. The van der Waals surface area contributed by atoms with Crippen molar-refractivity contribution < 1.29 is 0 Å². The van der Waals surface area contributed by atoms with Crippen LogP contribution in [0.4, 0.5) is 5.82 Å². The number of piperidine rings is 1. The number of likely N-dealkylation sites (tertiary alicyclic amines) is 1. The van der Waals surface area contributed by atoms with E-state index in [-0.39, 0.29) is 0 Å². The molecule has 5 nitrogen and oxygen atoms in total. The van der Waals surface area contributed by atoms with Crippen molar-refractivity contribution in [2.24, 2.45) is 0 Å². The molecule has 1 saturated heterocycles. The molecular weight excluding hydrogens is 226 g/mol. The highest BCUT2D eigenvalue weighted by atomic mass is 15.2. The van der Waals surface area contributed by atoms with Gasteiger partial charge in [0.15, 0.2) is 5.82 Å². The molecule has 0 aromatic carbocycles. The number of nitrogens with zero attached hydrogens (tertiary/aromatic N) is 5. The van der Waals surface area contributed by atoms with E-state index in [4.69, 9.17) is 5.26 Å². The molecule has 1 fully saturated rings. The van der Waals surface area contributed by atoms with E-state index in [9.17, 15) is 0 Å². The van der Waals surface area contributed by atoms with E-state index in [0.717, 1.165) is 37.4 Å².